The molecule has 3 heteroatoms. The maximum atomic E-state index is 9.66. The average molecular weight is 163 g/mol. The van der Waals surface area contributed by atoms with E-state index in [1.807, 2.05) is 20.8 Å². The van der Waals surface area contributed by atoms with Gasteiger partial charge in [0.05, 0.1) is 0 Å². The number of carbonyl (C=O) groups excluding carboxylic acids is 1. The van der Waals surface area contributed by atoms with Gasteiger partial charge in [0.25, 0.3) is 0 Å². The Morgan fingerprint density at radius 2 is 1.64 bits per heavy atom. The standard InChI is InChI=1S/C4H9NO.C2H6O.C2H6/c1-3-5(2)4-6;1-3-2;1-2/h4H,3H2,1-2H3;1-2H3;1-2H3. The monoisotopic (exact) mass is 163 g/mol. The van der Waals surface area contributed by atoms with Crippen LogP contribution < -0.4 is 0 Å². The van der Waals surface area contributed by atoms with Gasteiger partial charge in [0.2, 0.25) is 6.41 Å². The summed E-state index contributed by atoms with van der Waals surface area (Å²) in [5.41, 5.74) is 0. The van der Waals surface area contributed by atoms with Crippen molar-refractivity contribution in [3.63, 3.8) is 0 Å². The van der Waals surface area contributed by atoms with Gasteiger partial charge in [0, 0.05) is 27.8 Å². The lowest BCUT2D eigenvalue weighted by atomic mass is 10.7. The van der Waals surface area contributed by atoms with Gasteiger partial charge >= 0.3 is 0 Å². The molecule has 11 heavy (non-hydrogen) atoms. The van der Waals surface area contributed by atoms with E-state index in [0.717, 1.165) is 13.0 Å². The average Bonchev–Trinajstić information content (AvgIpc) is 2.08. The number of carbonyl (C=O) groups is 1. The first-order chi connectivity index (χ1) is 5.22. The molecule has 70 valence electrons. The molecular formula is C8H21NO2. The highest BCUT2D eigenvalue weighted by Crippen LogP contribution is 1.66. The molecule has 0 aromatic carbocycles. The largest absolute Gasteiger partial charge is 0.388 e. The van der Waals surface area contributed by atoms with Gasteiger partial charge in [0.1, 0.15) is 0 Å². The van der Waals surface area contributed by atoms with Crippen LogP contribution in [0.1, 0.15) is 20.8 Å². The van der Waals surface area contributed by atoms with E-state index in [-0.39, 0.29) is 0 Å². The van der Waals surface area contributed by atoms with Crippen LogP contribution in [0.4, 0.5) is 0 Å². The lowest BCUT2D eigenvalue weighted by Crippen LogP contribution is -2.13. The van der Waals surface area contributed by atoms with E-state index in [1.54, 1.807) is 26.2 Å². The third-order valence-electron chi connectivity index (χ3n) is 0.679. The van der Waals surface area contributed by atoms with Gasteiger partial charge in [-0.2, -0.15) is 0 Å². The fourth-order valence-electron chi connectivity index (χ4n) is 0.0745. The van der Waals surface area contributed by atoms with Crippen molar-refractivity contribution in [2.24, 2.45) is 0 Å². The number of rotatable bonds is 2. The predicted octanol–water partition coefficient (Wildman–Crippen LogP) is 1.38. The molecule has 0 saturated carbocycles. The van der Waals surface area contributed by atoms with Crippen molar-refractivity contribution in [1.29, 1.82) is 0 Å². The van der Waals surface area contributed by atoms with Crippen LogP contribution in [0.2, 0.25) is 0 Å². The number of nitrogens with zero attached hydrogens (tertiary/aromatic N) is 1. The van der Waals surface area contributed by atoms with E-state index in [4.69, 9.17) is 0 Å². The molecule has 0 aliphatic heterocycles. The lowest BCUT2D eigenvalue weighted by Gasteiger charge is -2.01. The van der Waals surface area contributed by atoms with Crippen LogP contribution in [0.25, 0.3) is 0 Å². The van der Waals surface area contributed by atoms with Crippen LogP contribution in [0.3, 0.4) is 0 Å². The third-order valence-corrected chi connectivity index (χ3v) is 0.679. The number of ether oxygens (including phenoxy) is 1. The molecule has 3 nitrogen and oxygen atoms in total. The van der Waals surface area contributed by atoms with Crippen molar-refractivity contribution in [3.05, 3.63) is 0 Å². The summed E-state index contributed by atoms with van der Waals surface area (Å²) in [4.78, 5) is 11.2. The Hall–Kier alpha value is -0.570. The first kappa shape index (κ1) is 16.8. The van der Waals surface area contributed by atoms with Crippen molar-refractivity contribution in [2.45, 2.75) is 20.8 Å². The Balaban J connectivity index is -0.000000109. The zero-order valence-electron chi connectivity index (χ0n) is 8.55. The van der Waals surface area contributed by atoms with E-state index in [2.05, 4.69) is 4.74 Å². The smallest absolute Gasteiger partial charge is 0.209 e. The summed E-state index contributed by atoms with van der Waals surface area (Å²) in [7, 11) is 4.99. The fraction of sp³-hybridized carbons (Fsp3) is 0.875. The SMILES string of the molecule is CC.CCN(C)C=O.COC. The highest BCUT2D eigenvalue weighted by atomic mass is 16.4. The van der Waals surface area contributed by atoms with Crippen LogP contribution in [0.5, 0.6) is 0 Å². The summed E-state index contributed by atoms with van der Waals surface area (Å²) in [6, 6.07) is 0. The van der Waals surface area contributed by atoms with Crippen LogP contribution in [-0.4, -0.2) is 39.1 Å². The van der Waals surface area contributed by atoms with Crippen LogP contribution in [-0.2, 0) is 9.53 Å². The molecule has 0 spiro atoms. The molecule has 1 amide bonds. The molecule has 0 rings (SSSR count). The Labute approximate surface area is 70.3 Å². The summed E-state index contributed by atoms with van der Waals surface area (Å²) in [5.74, 6) is 0. The van der Waals surface area contributed by atoms with Crippen molar-refractivity contribution in [3.8, 4) is 0 Å². The summed E-state index contributed by atoms with van der Waals surface area (Å²) >= 11 is 0. The van der Waals surface area contributed by atoms with Crippen LogP contribution in [0.15, 0.2) is 0 Å². The molecule has 0 N–H and O–H groups in total. The van der Waals surface area contributed by atoms with E-state index in [9.17, 15) is 4.79 Å². The third kappa shape index (κ3) is 44.2. The first-order valence-electron chi connectivity index (χ1n) is 3.78. The second kappa shape index (κ2) is 22.7. The topological polar surface area (TPSA) is 29.5 Å². The van der Waals surface area contributed by atoms with E-state index < -0.39 is 0 Å². The van der Waals surface area contributed by atoms with Gasteiger partial charge in [0.15, 0.2) is 0 Å². The van der Waals surface area contributed by atoms with Crippen LogP contribution in [0, 0.1) is 0 Å². The van der Waals surface area contributed by atoms with Gasteiger partial charge < -0.3 is 9.64 Å². The van der Waals surface area contributed by atoms with Gasteiger partial charge in [-0.1, -0.05) is 13.8 Å². The van der Waals surface area contributed by atoms with Crippen LogP contribution >= 0.6 is 0 Å². The summed E-state index contributed by atoms with van der Waals surface area (Å²) in [6.07, 6.45) is 0.806. The van der Waals surface area contributed by atoms with Crippen molar-refractivity contribution in [2.75, 3.05) is 27.8 Å². The molecular weight excluding hydrogens is 142 g/mol. The Morgan fingerprint density at radius 1 is 1.36 bits per heavy atom. The van der Waals surface area contributed by atoms with E-state index >= 15 is 0 Å². The Morgan fingerprint density at radius 3 is 1.64 bits per heavy atom. The minimum Gasteiger partial charge on any atom is -0.388 e. The highest BCUT2D eigenvalue weighted by Gasteiger charge is 1.79. The highest BCUT2D eigenvalue weighted by molar-refractivity contribution is 5.45. The number of amides is 1. The Bertz CT molecular complexity index is 58.1. The minimum atomic E-state index is 0.795. The van der Waals surface area contributed by atoms with Gasteiger partial charge in [-0.15, -0.1) is 0 Å². The van der Waals surface area contributed by atoms with Crippen molar-refractivity contribution >= 4 is 6.41 Å². The molecule has 0 bridgehead atoms. The summed E-state index contributed by atoms with van der Waals surface area (Å²) in [5, 5.41) is 0. The molecule has 0 saturated heterocycles. The number of hydrogen-bond donors (Lipinski definition) is 0. The molecule has 0 aliphatic rings. The second-order valence-electron chi connectivity index (χ2n) is 1.59. The van der Waals surface area contributed by atoms with Gasteiger partial charge in [-0.05, 0) is 6.92 Å². The molecule has 0 aliphatic carbocycles. The van der Waals surface area contributed by atoms with Gasteiger partial charge in [-0.3, -0.25) is 4.79 Å². The quantitative estimate of drug-likeness (QED) is 0.576. The Kier molecular flexibility index (Phi) is 34.7. The lowest BCUT2D eigenvalue weighted by molar-refractivity contribution is -0.116. The minimum absolute atomic E-state index is 0.795. The predicted molar refractivity (Wildman–Crippen MR) is 48.6 cm³/mol. The molecule has 0 atom stereocenters. The summed E-state index contributed by atoms with van der Waals surface area (Å²) in [6.45, 7) is 6.72. The molecule has 0 aromatic heterocycles. The molecule has 0 heterocycles. The van der Waals surface area contributed by atoms with E-state index in [0.29, 0.717) is 0 Å². The first-order valence-corrected chi connectivity index (χ1v) is 3.78. The van der Waals surface area contributed by atoms with E-state index in [1.165, 1.54) is 0 Å². The second-order valence-corrected chi connectivity index (χ2v) is 1.59. The summed E-state index contributed by atoms with van der Waals surface area (Å²) < 4.78 is 4.25. The van der Waals surface area contributed by atoms with Crippen molar-refractivity contribution in [1.82, 2.24) is 4.90 Å². The zero-order valence-corrected chi connectivity index (χ0v) is 8.55. The fourth-order valence-corrected chi connectivity index (χ4v) is 0.0745. The molecule has 0 aromatic rings. The maximum Gasteiger partial charge on any atom is 0.209 e. The molecule has 0 unspecified atom stereocenters. The number of hydrogen-bond acceptors (Lipinski definition) is 2. The molecule has 0 fully saturated rings. The van der Waals surface area contributed by atoms with Crippen molar-refractivity contribution < 1.29 is 9.53 Å². The zero-order chi connectivity index (χ0) is 9.70. The normalized spacial score (nSPS) is 6.36. The van der Waals surface area contributed by atoms with Gasteiger partial charge in [-0.25, -0.2) is 0 Å². The molecule has 0 radical (unpaired) electrons. The maximum absolute atomic E-state index is 9.66. The number of methoxy groups -OCH3 is 1.